The molecule has 0 aliphatic carbocycles. The Morgan fingerprint density at radius 1 is 0.969 bits per heavy atom. The molecule has 0 amide bonds. The van der Waals surface area contributed by atoms with Crippen molar-refractivity contribution in [1.82, 2.24) is 18.7 Å². The maximum atomic E-state index is 13.5. The van der Waals surface area contributed by atoms with Crippen molar-refractivity contribution >= 4 is 11.2 Å². The van der Waals surface area contributed by atoms with Gasteiger partial charge < -0.3 is 8.98 Å². The molecule has 0 radical (unpaired) electrons. The van der Waals surface area contributed by atoms with Crippen LogP contribution in [-0.2, 0) is 20.0 Å². The van der Waals surface area contributed by atoms with Crippen molar-refractivity contribution in [3.8, 4) is 5.69 Å². The minimum atomic E-state index is -0.574. The van der Waals surface area contributed by atoms with Gasteiger partial charge in [0, 0.05) is 13.5 Å². The molecule has 7 nitrogen and oxygen atoms in total. The number of rotatable bonds is 5. The lowest BCUT2D eigenvalue weighted by molar-refractivity contribution is 0.488. The summed E-state index contributed by atoms with van der Waals surface area (Å²) in [5.41, 5.74) is 0.790. The Morgan fingerprint density at radius 3 is 2.41 bits per heavy atom. The van der Waals surface area contributed by atoms with E-state index in [2.05, 4.69) is 4.98 Å². The van der Waals surface area contributed by atoms with Crippen LogP contribution in [0.4, 0.5) is 4.39 Å². The maximum Gasteiger partial charge on any atom is 0.337 e. The first-order valence-electron chi connectivity index (χ1n) is 10.1. The number of hydrogen-bond acceptors (Lipinski definition) is 4. The highest BCUT2D eigenvalue weighted by Crippen LogP contribution is 2.16. The van der Waals surface area contributed by atoms with E-state index < -0.39 is 17.1 Å². The highest BCUT2D eigenvalue weighted by atomic mass is 19.1. The van der Waals surface area contributed by atoms with E-state index in [4.69, 9.17) is 4.42 Å². The van der Waals surface area contributed by atoms with Crippen LogP contribution in [0.25, 0.3) is 16.9 Å². The zero-order chi connectivity index (χ0) is 22.2. The predicted octanol–water partition coefficient (Wildman–Crippen LogP) is 3.26. The quantitative estimate of drug-likeness (QED) is 0.429. The summed E-state index contributed by atoms with van der Waals surface area (Å²) in [7, 11) is 1.76. The molecule has 32 heavy (non-hydrogen) atoms. The molecule has 0 spiro atoms. The first kappa shape index (κ1) is 19.7. The molecule has 0 aliphatic heterocycles. The maximum absolute atomic E-state index is 13.5. The van der Waals surface area contributed by atoms with Gasteiger partial charge in [-0.1, -0.05) is 30.3 Å². The third-order valence-electron chi connectivity index (χ3n) is 5.44. The molecule has 0 saturated heterocycles. The highest BCUT2D eigenvalue weighted by Gasteiger charge is 2.21. The molecular formula is C24H19FN4O3. The number of aromatic nitrogens is 4. The molecule has 160 valence electrons. The Hall–Kier alpha value is -4.20. The van der Waals surface area contributed by atoms with Crippen molar-refractivity contribution < 1.29 is 8.81 Å². The molecule has 0 bridgehead atoms. The second-order valence-corrected chi connectivity index (χ2v) is 7.49. The molecule has 3 heterocycles. The van der Waals surface area contributed by atoms with Crippen molar-refractivity contribution in [2.45, 2.75) is 13.0 Å². The average Bonchev–Trinajstić information content (AvgIpc) is 3.42. The van der Waals surface area contributed by atoms with Crippen molar-refractivity contribution in [3.05, 3.63) is 117 Å². The Labute approximate surface area is 181 Å². The van der Waals surface area contributed by atoms with E-state index in [-0.39, 0.29) is 23.4 Å². The summed E-state index contributed by atoms with van der Waals surface area (Å²) < 4.78 is 23.1. The molecule has 0 fully saturated rings. The summed E-state index contributed by atoms with van der Waals surface area (Å²) in [5, 5.41) is 0. The Bertz CT molecular complexity index is 1510. The molecule has 0 saturated carbocycles. The van der Waals surface area contributed by atoms with Gasteiger partial charge in [-0.2, -0.15) is 0 Å². The predicted molar refractivity (Wildman–Crippen MR) is 118 cm³/mol. The largest absolute Gasteiger partial charge is 0.467 e. The van der Waals surface area contributed by atoms with Gasteiger partial charge in [-0.15, -0.1) is 0 Å². The summed E-state index contributed by atoms with van der Waals surface area (Å²) in [4.78, 5) is 31.6. The number of imidazole rings is 1. The van der Waals surface area contributed by atoms with Gasteiger partial charge in [0.25, 0.3) is 5.56 Å². The number of halogens is 1. The number of fused-ring (bicyclic) bond motifs is 1. The van der Waals surface area contributed by atoms with Crippen LogP contribution in [0.1, 0.15) is 17.1 Å². The van der Waals surface area contributed by atoms with Crippen LogP contribution in [-0.4, -0.2) is 18.7 Å². The van der Waals surface area contributed by atoms with Gasteiger partial charge >= 0.3 is 5.69 Å². The van der Waals surface area contributed by atoms with Gasteiger partial charge in [-0.05, 0) is 42.0 Å². The average molecular weight is 430 g/mol. The zero-order valence-corrected chi connectivity index (χ0v) is 17.2. The van der Waals surface area contributed by atoms with Crippen LogP contribution in [0, 0.1) is 5.82 Å². The van der Waals surface area contributed by atoms with Gasteiger partial charge in [0.05, 0.1) is 18.5 Å². The lowest BCUT2D eigenvalue weighted by Crippen LogP contribution is -2.39. The zero-order valence-electron chi connectivity index (χ0n) is 17.2. The summed E-state index contributed by atoms with van der Waals surface area (Å²) in [6.45, 7) is 0.103. The normalized spacial score (nSPS) is 11.3. The first-order chi connectivity index (χ1) is 15.5. The number of benzene rings is 2. The second kappa shape index (κ2) is 7.81. The van der Waals surface area contributed by atoms with Crippen molar-refractivity contribution in [3.63, 3.8) is 0 Å². The molecule has 3 aromatic heterocycles. The summed E-state index contributed by atoms with van der Waals surface area (Å²) >= 11 is 0. The van der Waals surface area contributed by atoms with Crippen LogP contribution in [0.15, 0.2) is 87.0 Å². The fourth-order valence-electron chi connectivity index (χ4n) is 3.82. The molecule has 0 N–H and O–H groups in total. The van der Waals surface area contributed by atoms with Gasteiger partial charge in [-0.3, -0.25) is 9.36 Å². The van der Waals surface area contributed by atoms with Crippen LogP contribution in [0.2, 0.25) is 0 Å². The number of furan rings is 1. The molecule has 5 rings (SSSR count). The molecule has 2 aromatic carbocycles. The van der Waals surface area contributed by atoms with Crippen molar-refractivity contribution in [1.29, 1.82) is 0 Å². The summed E-state index contributed by atoms with van der Waals surface area (Å²) in [6, 6.07) is 18.5. The lowest BCUT2D eigenvalue weighted by Gasteiger charge is -2.11. The minimum absolute atomic E-state index is 0.103. The summed E-state index contributed by atoms with van der Waals surface area (Å²) in [6.07, 6.45) is 2.02. The monoisotopic (exact) mass is 430 g/mol. The fourth-order valence-corrected chi connectivity index (χ4v) is 3.82. The Balaban J connectivity index is 1.78. The number of nitrogens with zero attached hydrogens (tertiary/aromatic N) is 4. The highest BCUT2D eigenvalue weighted by molar-refractivity contribution is 5.72. The van der Waals surface area contributed by atoms with Gasteiger partial charge in [0.2, 0.25) is 0 Å². The molecule has 8 heteroatoms. The van der Waals surface area contributed by atoms with Crippen LogP contribution in [0.5, 0.6) is 0 Å². The third kappa shape index (κ3) is 3.35. The second-order valence-electron chi connectivity index (χ2n) is 7.49. The van der Waals surface area contributed by atoms with Crippen LogP contribution in [0.3, 0.4) is 0 Å². The molecule has 5 aromatic rings. The first-order valence-corrected chi connectivity index (χ1v) is 10.1. The van der Waals surface area contributed by atoms with Crippen molar-refractivity contribution in [2.75, 3.05) is 0 Å². The number of hydrogen-bond donors (Lipinski definition) is 0. The van der Waals surface area contributed by atoms with Crippen molar-refractivity contribution in [2.24, 2.45) is 7.05 Å². The topological polar surface area (TPSA) is 75.0 Å². The van der Waals surface area contributed by atoms with E-state index in [0.717, 1.165) is 10.1 Å². The Morgan fingerprint density at radius 2 is 1.72 bits per heavy atom. The van der Waals surface area contributed by atoms with Gasteiger partial charge in [0.15, 0.2) is 11.2 Å². The molecule has 0 unspecified atom stereocenters. The van der Waals surface area contributed by atoms with E-state index in [1.54, 1.807) is 23.7 Å². The number of aryl methyl sites for hydroxylation is 1. The van der Waals surface area contributed by atoms with Gasteiger partial charge in [-0.25, -0.2) is 18.7 Å². The Kier molecular flexibility index (Phi) is 4.82. The minimum Gasteiger partial charge on any atom is -0.467 e. The molecule has 0 aliphatic rings. The smallest absolute Gasteiger partial charge is 0.337 e. The molecule has 0 atom stereocenters. The van der Waals surface area contributed by atoms with E-state index in [1.165, 1.54) is 35.1 Å². The van der Waals surface area contributed by atoms with E-state index in [0.29, 0.717) is 18.0 Å². The van der Waals surface area contributed by atoms with Crippen LogP contribution < -0.4 is 11.2 Å². The van der Waals surface area contributed by atoms with E-state index in [9.17, 15) is 14.0 Å². The van der Waals surface area contributed by atoms with E-state index >= 15 is 0 Å². The SMILES string of the molecule is Cn1c(Cc2ccccc2)nc2c1c(=O)n(-c1ccc(F)cc1)c(=O)n2Cc1ccco1. The molecular weight excluding hydrogens is 411 g/mol. The third-order valence-corrected chi connectivity index (χ3v) is 5.44. The lowest BCUT2D eigenvalue weighted by atomic mass is 10.1. The van der Waals surface area contributed by atoms with E-state index in [1.807, 2.05) is 30.3 Å². The fraction of sp³-hybridized carbons (Fsp3) is 0.125. The van der Waals surface area contributed by atoms with Gasteiger partial charge in [0.1, 0.15) is 17.4 Å². The summed E-state index contributed by atoms with van der Waals surface area (Å²) in [5.74, 6) is 0.741. The van der Waals surface area contributed by atoms with Crippen LogP contribution >= 0.6 is 0 Å². The standard InChI is InChI=1S/C24H19FN4O3/c1-27-20(14-16-6-3-2-4-7-16)26-22-21(27)23(30)29(18-11-9-17(25)10-12-18)24(31)28(22)15-19-8-5-13-32-19/h2-13H,14-15H2,1H3.